The fraction of sp³-hybridized carbons (Fsp3) is 0.846. The lowest BCUT2D eigenvalue weighted by atomic mass is 9.89. The predicted octanol–water partition coefficient (Wildman–Crippen LogP) is 0.781. The van der Waals surface area contributed by atoms with Crippen molar-refractivity contribution in [3.05, 3.63) is 0 Å². The van der Waals surface area contributed by atoms with Crippen LogP contribution in [0.5, 0.6) is 0 Å². The van der Waals surface area contributed by atoms with Gasteiger partial charge in [0, 0.05) is 20.6 Å². The van der Waals surface area contributed by atoms with Crippen LogP contribution in [-0.4, -0.2) is 49.4 Å². The van der Waals surface area contributed by atoms with Gasteiger partial charge in [-0.1, -0.05) is 6.92 Å². The second kappa shape index (κ2) is 7.70. The predicted molar refractivity (Wildman–Crippen MR) is 78.4 cm³/mol. The van der Waals surface area contributed by atoms with Gasteiger partial charge >= 0.3 is 0 Å². The van der Waals surface area contributed by atoms with Crippen LogP contribution in [0.1, 0.15) is 33.1 Å². The normalized spacial score (nSPS) is 24.0. The van der Waals surface area contributed by atoms with Crippen molar-refractivity contribution in [1.82, 2.24) is 15.5 Å². The molecular formula is C13H26ClN3O2. The number of carbonyl (C=O) groups is 2. The molecule has 2 atom stereocenters. The first kappa shape index (κ1) is 18.2. The number of nitrogens with one attached hydrogen (secondary N) is 2. The van der Waals surface area contributed by atoms with Crippen molar-refractivity contribution in [2.45, 2.75) is 38.6 Å². The minimum atomic E-state index is -0.463. The highest BCUT2D eigenvalue weighted by molar-refractivity contribution is 5.86. The number of hydrogen-bond donors (Lipinski definition) is 2. The summed E-state index contributed by atoms with van der Waals surface area (Å²) < 4.78 is 0. The van der Waals surface area contributed by atoms with Crippen molar-refractivity contribution >= 4 is 24.2 Å². The number of carbonyl (C=O) groups excluding carboxylic acids is 2. The van der Waals surface area contributed by atoms with Gasteiger partial charge in [-0.15, -0.1) is 12.4 Å². The van der Waals surface area contributed by atoms with Gasteiger partial charge in [-0.25, -0.2) is 0 Å². The standard InChI is InChI=1S/C13H25N3O2.ClH/c1-10(11(17)14-3)9-16(4)12(18)13(2)7-5-6-8-15-13;/h10,15H,5-9H2,1-4H3,(H,14,17);1H. The van der Waals surface area contributed by atoms with E-state index in [1.165, 1.54) is 0 Å². The molecule has 0 aromatic heterocycles. The molecule has 5 nitrogen and oxygen atoms in total. The molecule has 1 aliphatic heterocycles. The first-order valence-electron chi connectivity index (χ1n) is 6.63. The molecule has 1 heterocycles. The molecule has 0 bridgehead atoms. The number of amides is 2. The molecule has 19 heavy (non-hydrogen) atoms. The largest absolute Gasteiger partial charge is 0.359 e. The maximum Gasteiger partial charge on any atom is 0.242 e. The topological polar surface area (TPSA) is 61.4 Å². The van der Waals surface area contributed by atoms with Gasteiger partial charge in [0.2, 0.25) is 11.8 Å². The number of piperidine rings is 1. The van der Waals surface area contributed by atoms with Gasteiger partial charge in [-0.3, -0.25) is 9.59 Å². The van der Waals surface area contributed by atoms with Crippen molar-refractivity contribution in [2.24, 2.45) is 5.92 Å². The van der Waals surface area contributed by atoms with E-state index in [0.717, 1.165) is 25.8 Å². The molecule has 0 radical (unpaired) electrons. The van der Waals surface area contributed by atoms with E-state index in [9.17, 15) is 9.59 Å². The summed E-state index contributed by atoms with van der Waals surface area (Å²) >= 11 is 0. The van der Waals surface area contributed by atoms with E-state index in [-0.39, 0.29) is 30.1 Å². The van der Waals surface area contributed by atoms with Gasteiger partial charge in [0.25, 0.3) is 0 Å². The Morgan fingerprint density at radius 3 is 2.53 bits per heavy atom. The fourth-order valence-electron chi connectivity index (χ4n) is 2.48. The van der Waals surface area contributed by atoms with E-state index in [0.29, 0.717) is 6.54 Å². The molecule has 0 saturated carbocycles. The molecule has 6 heteroatoms. The molecule has 2 N–H and O–H groups in total. The fourth-order valence-corrected chi connectivity index (χ4v) is 2.48. The van der Waals surface area contributed by atoms with Crippen molar-refractivity contribution < 1.29 is 9.59 Å². The monoisotopic (exact) mass is 291 g/mol. The van der Waals surface area contributed by atoms with Gasteiger partial charge in [0.15, 0.2) is 0 Å². The number of likely N-dealkylation sites (N-methyl/N-ethyl adjacent to an activating group) is 1. The molecule has 112 valence electrons. The van der Waals surface area contributed by atoms with Crippen LogP contribution < -0.4 is 10.6 Å². The van der Waals surface area contributed by atoms with Gasteiger partial charge < -0.3 is 15.5 Å². The van der Waals surface area contributed by atoms with Crippen LogP contribution in [0.25, 0.3) is 0 Å². The average Bonchev–Trinajstić information content (AvgIpc) is 2.37. The molecule has 1 fully saturated rings. The number of rotatable bonds is 4. The molecule has 1 aliphatic rings. The van der Waals surface area contributed by atoms with E-state index < -0.39 is 5.54 Å². The minimum Gasteiger partial charge on any atom is -0.359 e. The molecule has 0 aromatic rings. The lowest BCUT2D eigenvalue weighted by Crippen LogP contribution is -2.58. The summed E-state index contributed by atoms with van der Waals surface area (Å²) in [5.74, 6) is -0.134. The van der Waals surface area contributed by atoms with Gasteiger partial charge in [-0.05, 0) is 32.7 Å². The second-order valence-electron chi connectivity index (χ2n) is 5.42. The molecule has 0 aromatic carbocycles. The third-order valence-electron chi connectivity index (χ3n) is 3.68. The van der Waals surface area contributed by atoms with Crippen LogP contribution in [0.4, 0.5) is 0 Å². The third kappa shape index (κ3) is 4.66. The van der Waals surface area contributed by atoms with Crippen molar-refractivity contribution in [3.8, 4) is 0 Å². The number of hydrogen-bond acceptors (Lipinski definition) is 3. The van der Waals surface area contributed by atoms with Crippen LogP contribution in [-0.2, 0) is 9.59 Å². The van der Waals surface area contributed by atoms with E-state index >= 15 is 0 Å². The number of halogens is 1. The van der Waals surface area contributed by atoms with E-state index in [2.05, 4.69) is 10.6 Å². The summed E-state index contributed by atoms with van der Waals surface area (Å²) in [6.45, 7) is 5.13. The Hall–Kier alpha value is -0.810. The first-order valence-corrected chi connectivity index (χ1v) is 6.63. The lowest BCUT2D eigenvalue weighted by molar-refractivity contribution is -0.138. The SMILES string of the molecule is CNC(=O)C(C)CN(C)C(=O)C1(C)CCCCN1.Cl. The Bertz CT molecular complexity index is 317. The highest BCUT2D eigenvalue weighted by Gasteiger charge is 2.36. The van der Waals surface area contributed by atoms with Crippen molar-refractivity contribution in [3.63, 3.8) is 0 Å². The summed E-state index contributed by atoms with van der Waals surface area (Å²) in [5, 5.41) is 5.91. The summed E-state index contributed by atoms with van der Waals surface area (Å²) in [7, 11) is 3.38. The summed E-state index contributed by atoms with van der Waals surface area (Å²) in [5.41, 5.74) is -0.463. The second-order valence-corrected chi connectivity index (χ2v) is 5.42. The summed E-state index contributed by atoms with van der Waals surface area (Å²) in [6.07, 6.45) is 3.07. The average molecular weight is 292 g/mol. The lowest BCUT2D eigenvalue weighted by Gasteiger charge is -2.37. The molecule has 2 amide bonds. The molecule has 0 spiro atoms. The van der Waals surface area contributed by atoms with Crippen LogP contribution in [0.3, 0.4) is 0 Å². The maximum atomic E-state index is 12.4. The molecule has 0 aliphatic carbocycles. The zero-order valence-electron chi connectivity index (χ0n) is 12.3. The van der Waals surface area contributed by atoms with Crippen molar-refractivity contribution in [1.29, 1.82) is 0 Å². The van der Waals surface area contributed by atoms with Gasteiger partial charge in [0.1, 0.15) is 0 Å². The highest BCUT2D eigenvalue weighted by Crippen LogP contribution is 2.21. The Morgan fingerprint density at radius 1 is 1.42 bits per heavy atom. The summed E-state index contributed by atoms with van der Waals surface area (Å²) in [4.78, 5) is 25.5. The summed E-state index contributed by atoms with van der Waals surface area (Å²) in [6, 6.07) is 0. The zero-order valence-corrected chi connectivity index (χ0v) is 13.1. The Labute approximate surface area is 121 Å². The van der Waals surface area contributed by atoms with E-state index in [1.807, 2.05) is 13.8 Å². The van der Waals surface area contributed by atoms with Crippen LogP contribution in [0, 0.1) is 5.92 Å². The number of nitrogens with zero attached hydrogens (tertiary/aromatic N) is 1. The Morgan fingerprint density at radius 2 is 2.05 bits per heavy atom. The molecule has 1 rings (SSSR count). The van der Waals surface area contributed by atoms with Crippen molar-refractivity contribution in [2.75, 3.05) is 27.2 Å². The minimum absolute atomic E-state index is 0. The molecule has 2 unspecified atom stereocenters. The van der Waals surface area contributed by atoms with Crippen LogP contribution in [0.2, 0.25) is 0 Å². The zero-order chi connectivity index (χ0) is 13.8. The highest BCUT2D eigenvalue weighted by atomic mass is 35.5. The van der Waals surface area contributed by atoms with Gasteiger partial charge in [0.05, 0.1) is 11.5 Å². The van der Waals surface area contributed by atoms with Gasteiger partial charge in [-0.2, -0.15) is 0 Å². The smallest absolute Gasteiger partial charge is 0.242 e. The maximum absolute atomic E-state index is 12.4. The van der Waals surface area contributed by atoms with E-state index in [1.54, 1.807) is 19.0 Å². The third-order valence-corrected chi connectivity index (χ3v) is 3.68. The molecular weight excluding hydrogens is 266 g/mol. The molecule has 1 saturated heterocycles. The Kier molecular flexibility index (Phi) is 7.37. The van der Waals surface area contributed by atoms with Crippen LogP contribution >= 0.6 is 12.4 Å². The van der Waals surface area contributed by atoms with E-state index in [4.69, 9.17) is 0 Å². The quantitative estimate of drug-likeness (QED) is 0.805. The van der Waals surface area contributed by atoms with Crippen LogP contribution in [0.15, 0.2) is 0 Å². The Balaban J connectivity index is 0.00000324. The first-order chi connectivity index (χ1) is 8.40.